The van der Waals surface area contributed by atoms with Crippen molar-refractivity contribution in [2.24, 2.45) is 0 Å². The van der Waals surface area contributed by atoms with Crippen LogP contribution in [0.2, 0.25) is 19.6 Å². The van der Waals surface area contributed by atoms with E-state index in [2.05, 4.69) is 83.7 Å². The van der Waals surface area contributed by atoms with Crippen LogP contribution >= 0.6 is 0 Å². The minimum atomic E-state index is -1.48. The molecule has 0 aliphatic carbocycles. The van der Waals surface area contributed by atoms with Crippen LogP contribution in [0.4, 0.5) is 0 Å². The van der Waals surface area contributed by atoms with Gasteiger partial charge in [0.05, 0.1) is 19.3 Å². The topological polar surface area (TPSA) is 25.8 Å². The van der Waals surface area contributed by atoms with E-state index in [4.69, 9.17) is 9.97 Å². The Morgan fingerprint density at radius 2 is 1.41 bits per heavy atom. The smallest absolute Gasteiger partial charge is 0.126 e. The number of aryl methyl sites for hydroxylation is 5. The van der Waals surface area contributed by atoms with E-state index < -0.39 is 8.07 Å². The lowest BCUT2D eigenvalue weighted by molar-refractivity contribution is 1.10. The van der Waals surface area contributed by atoms with Crippen molar-refractivity contribution in [1.82, 2.24) is 9.97 Å². The molecular formula is C26H30N2Si. The average molecular weight is 399 g/mol. The molecule has 4 rings (SSSR count). The summed E-state index contributed by atoms with van der Waals surface area (Å²) in [6.45, 7) is 18.1. The Hall–Kier alpha value is -2.52. The van der Waals surface area contributed by atoms with Crippen molar-refractivity contribution in [3.8, 4) is 11.3 Å². The molecule has 29 heavy (non-hydrogen) atoms. The van der Waals surface area contributed by atoms with Crippen LogP contribution in [-0.2, 0) is 0 Å². The Labute approximate surface area is 175 Å². The zero-order valence-corrected chi connectivity index (χ0v) is 19.9. The normalized spacial score (nSPS) is 12.1. The van der Waals surface area contributed by atoms with Gasteiger partial charge in [0, 0.05) is 16.3 Å². The molecule has 0 unspecified atom stereocenters. The first-order valence-corrected chi connectivity index (χ1v) is 13.9. The molecular weight excluding hydrogens is 368 g/mol. The van der Waals surface area contributed by atoms with Gasteiger partial charge >= 0.3 is 0 Å². The molecule has 0 bridgehead atoms. The quantitative estimate of drug-likeness (QED) is 0.283. The van der Waals surface area contributed by atoms with Crippen molar-refractivity contribution < 1.29 is 0 Å². The molecule has 148 valence electrons. The summed E-state index contributed by atoms with van der Waals surface area (Å²) < 4.78 is 0. The molecule has 0 spiro atoms. The maximum atomic E-state index is 4.95. The maximum absolute atomic E-state index is 4.95. The predicted octanol–water partition coefficient (Wildman–Crippen LogP) is 6.54. The van der Waals surface area contributed by atoms with Crippen LogP contribution in [0.15, 0.2) is 36.4 Å². The van der Waals surface area contributed by atoms with Crippen molar-refractivity contribution in [2.45, 2.75) is 54.3 Å². The highest BCUT2D eigenvalue weighted by molar-refractivity contribution is 6.89. The standard InChI is InChI=1S/C26H30N2Si/c1-15-11-16(2)13-21(12-15)24-22-10-9-20-14-17(3)26(29(6,7)8)18(4)23(20)25(22)28-19(5)27-24/h9-14H,1-8H3. The van der Waals surface area contributed by atoms with Crippen molar-refractivity contribution in [2.75, 3.05) is 0 Å². The Kier molecular flexibility index (Phi) is 4.62. The number of aromatic nitrogens is 2. The highest BCUT2D eigenvalue weighted by Crippen LogP contribution is 2.34. The van der Waals surface area contributed by atoms with Gasteiger partial charge in [-0.1, -0.05) is 59.7 Å². The second-order valence-corrected chi connectivity index (χ2v) is 14.5. The molecule has 0 saturated heterocycles. The molecule has 3 aromatic carbocycles. The highest BCUT2D eigenvalue weighted by Gasteiger charge is 2.24. The third-order valence-electron chi connectivity index (χ3n) is 5.77. The zero-order chi connectivity index (χ0) is 21.1. The lowest BCUT2D eigenvalue weighted by Crippen LogP contribution is -2.41. The molecule has 0 N–H and O–H groups in total. The Morgan fingerprint density at radius 3 is 2.03 bits per heavy atom. The summed E-state index contributed by atoms with van der Waals surface area (Å²) in [7, 11) is -1.48. The van der Waals surface area contributed by atoms with Crippen molar-refractivity contribution in [3.63, 3.8) is 0 Å². The third-order valence-corrected chi connectivity index (χ3v) is 8.04. The van der Waals surface area contributed by atoms with Crippen LogP contribution in [0.3, 0.4) is 0 Å². The summed E-state index contributed by atoms with van der Waals surface area (Å²) in [5.41, 5.74) is 8.63. The summed E-state index contributed by atoms with van der Waals surface area (Å²) in [4.78, 5) is 9.83. The van der Waals surface area contributed by atoms with Crippen LogP contribution in [0.5, 0.6) is 0 Å². The number of hydrogen-bond donors (Lipinski definition) is 0. The monoisotopic (exact) mass is 398 g/mol. The number of benzene rings is 3. The van der Waals surface area contributed by atoms with Gasteiger partial charge in [-0.15, -0.1) is 0 Å². The number of nitrogens with zero attached hydrogens (tertiary/aromatic N) is 2. The van der Waals surface area contributed by atoms with E-state index in [1.54, 1.807) is 5.19 Å². The molecule has 3 heteroatoms. The molecule has 0 aliphatic rings. The number of fused-ring (bicyclic) bond motifs is 3. The molecule has 0 radical (unpaired) electrons. The van der Waals surface area contributed by atoms with Gasteiger partial charge in [-0.3, -0.25) is 0 Å². The molecule has 0 amide bonds. The van der Waals surface area contributed by atoms with E-state index in [0.29, 0.717) is 0 Å². The van der Waals surface area contributed by atoms with Crippen molar-refractivity contribution >= 4 is 34.9 Å². The van der Waals surface area contributed by atoms with E-state index in [0.717, 1.165) is 22.4 Å². The van der Waals surface area contributed by atoms with Gasteiger partial charge in [-0.05, 0) is 63.8 Å². The van der Waals surface area contributed by atoms with Crippen LogP contribution < -0.4 is 5.19 Å². The summed E-state index contributed by atoms with van der Waals surface area (Å²) >= 11 is 0. The second-order valence-electron chi connectivity index (χ2n) is 9.50. The average Bonchev–Trinajstić information content (AvgIpc) is 2.58. The molecule has 0 saturated carbocycles. The second kappa shape index (κ2) is 6.77. The summed E-state index contributed by atoms with van der Waals surface area (Å²) in [5, 5.41) is 5.27. The molecule has 4 aromatic rings. The fourth-order valence-corrected chi connectivity index (χ4v) is 7.55. The van der Waals surface area contributed by atoms with E-state index >= 15 is 0 Å². The lowest BCUT2D eigenvalue weighted by atomic mass is 9.96. The molecule has 0 atom stereocenters. The number of rotatable bonds is 2. The van der Waals surface area contributed by atoms with Gasteiger partial charge in [0.15, 0.2) is 0 Å². The van der Waals surface area contributed by atoms with Gasteiger partial charge < -0.3 is 0 Å². The third kappa shape index (κ3) is 3.38. The predicted molar refractivity (Wildman–Crippen MR) is 129 cm³/mol. The summed E-state index contributed by atoms with van der Waals surface area (Å²) in [6, 6.07) is 13.5. The number of hydrogen-bond acceptors (Lipinski definition) is 2. The maximum Gasteiger partial charge on any atom is 0.126 e. The molecule has 0 aliphatic heterocycles. The first-order chi connectivity index (χ1) is 13.6. The van der Waals surface area contributed by atoms with Crippen LogP contribution in [-0.4, -0.2) is 18.0 Å². The minimum Gasteiger partial charge on any atom is -0.233 e. The molecule has 1 heterocycles. The van der Waals surface area contributed by atoms with Crippen LogP contribution in [0.25, 0.3) is 32.9 Å². The largest absolute Gasteiger partial charge is 0.233 e. The van der Waals surface area contributed by atoms with Gasteiger partial charge in [0.1, 0.15) is 5.82 Å². The Balaban J connectivity index is 2.16. The van der Waals surface area contributed by atoms with Gasteiger partial charge in [-0.2, -0.15) is 0 Å². The Bertz CT molecular complexity index is 1260. The van der Waals surface area contributed by atoms with E-state index in [1.165, 1.54) is 38.6 Å². The van der Waals surface area contributed by atoms with Gasteiger partial charge in [0.25, 0.3) is 0 Å². The highest BCUT2D eigenvalue weighted by atomic mass is 28.3. The lowest BCUT2D eigenvalue weighted by Gasteiger charge is -2.24. The van der Waals surface area contributed by atoms with Gasteiger partial charge in [-0.25, -0.2) is 9.97 Å². The Morgan fingerprint density at radius 1 is 0.759 bits per heavy atom. The summed E-state index contributed by atoms with van der Waals surface area (Å²) in [5.74, 6) is 0.827. The minimum absolute atomic E-state index is 0.827. The van der Waals surface area contributed by atoms with Gasteiger partial charge in [0.2, 0.25) is 0 Å². The zero-order valence-electron chi connectivity index (χ0n) is 18.9. The van der Waals surface area contributed by atoms with Crippen LogP contribution in [0, 0.1) is 34.6 Å². The first kappa shape index (κ1) is 19.8. The fraction of sp³-hybridized carbons (Fsp3) is 0.308. The molecule has 2 nitrogen and oxygen atoms in total. The van der Waals surface area contributed by atoms with E-state index in [9.17, 15) is 0 Å². The molecule has 0 fully saturated rings. The molecule has 1 aromatic heterocycles. The van der Waals surface area contributed by atoms with E-state index in [-0.39, 0.29) is 0 Å². The van der Waals surface area contributed by atoms with Crippen molar-refractivity contribution in [3.05, 3.63) is 64.5 Å². The van der Waals surface area contributed by atoms with Crippen LogP contribution in [0.1, 0.15) is 28.1 Å². The fourth-order valence-electron chi connectivity index (χ4n) is 5.05. The van der Waals surface area contributed by atoms with E-state index in [1.807, 2.05) is 6.92 Å². The summed E-state index contributed by atoms with van der Waals surface area (Å²) in [6.07, 6.45) is 0. The first-order valence-electron chi connectivity index (χ1n) is 10.4. The van der Waals surface area contributed by atoms with Crippen molar-refractivity contribution in [1.29, 1.82) is 0 Å². The SMILES string of the molecule is Cc1cc(C)cc(-c2nc(C)nc3c2ccc2cc(C)c([Si](C)(C)C)c(C)c23)c1.